The molecule has 2 heteroatoms. The molecular formula is C22H22O2. The highest BCUT2D eigenvalue weighted by molar-refractivity contribution is 5.41. The molecule has 2 unspecified atom stereocenters. The number of unbranched alkanes of at least 4 members (excludes halogenated alkanes) is 2. The summed E-state index contributed by atoms with van der Waals surface area (Å²) in [4.78, 5) is 0. The molecule has 0 heterocycles. The maximum absolute atomic E-state index is 10.4. The fourth-order valence-electron chi connectivity index (χ4n) is 2.27. The van der Waals surface area contributed by atoms with Crippen molar-refractivity contribution in [3.05, 3.63) is 71.3 Å². The minimum Gasteiger partial charge on any atom is -0.376 e. The number of benzene rings is 2. The van der Waals surface area contributed by atoms with Crippen LogP contribution in [0.15, 0.2) is 54.6 Å². The maximum atomic E-state index is 10.4. The van der Waals surface area contributed by atoms with E-state index in [0.29, 0.717) is 11.1 Å². The first-order chi connectivity index (χ1) is 11.7. The predicted octanol–water partition coefficient (Wildman–Crippen LogP) is 4.00. The van der Waals surface area contributed by atoms with Crippen LogP contribution in [-0.4, -0.2) is 10.2 Å². The molecule has 0 bridgehead atoms. The zero-order valence-corrected chi connectivity index (χ0v) is 13.9. The molecule has 0 saturated heterocycles. The van der Waals surface area contributed by atoms with Crippen molar-refractivity contribution >= 4 is 0 Å². The summed E-state index contributed by atoms with van der Waals surface area (Å²) >= 11 is 0. The third-order valence-electron chi connectivity index (χ3n) is 3.61. The molecule has 0 amide bonds. The Morgan fingerprint density at radius 1 is 0.833 bits per heavy atom. The van der Waals surface area contributed by atoms with Gasteiger partial charge in [-0.3, -0.25) is 0 Å². The lowest BCUT2D eigenvalue weighted by Crippen LogP contribution is -2.04. The van der Waals surface area contributed by atoms with E-state index >= 15 is 0 Å². The first-order valence-electron chi connectivity index (χ1n) is 8.22. The van der Waals surface area contributed by atoms with Gasteiger partial charge in [0.15, 0.2) is 0 Å². The van der Waals surface area contributed by atoms with Crippen LogP contribution in [0.4, 0.5) is 0 Å². The van der Waals surface area contributed by atoms with Crippen molar-refractivity contribution in [1.29, 1.82) is 0 Å². The summed E-state index contributed by atoms with van der Waals surface area (Å²) in [5.41, 5.74) is 2.04. The van der Waals surface area contributed by atoms with Gasteiger partial charge in [0.05, 0.1) is 0 Å². The first-order valence-corrected chi connectivity index (χ1v) is 8.22. The monoisotopic (exact) mass is 318 g/mol. The molecule has 122 valence electrons. The van der Waals surface area contributed by atoms with Gasteiger partial charge < -0.3 is 10.2 Å². The van der Waals surface area contributed by atoms with E-state index in [-0.39, 0.29) is 0 Å². The van der Waals surface area contributed by atoms with Crippen molar-refractivity contribution in [2.45, 2.75) is 38.4 Å². The molecule has 2 aromatic rings. The van der Waals surface area contributed by atoms with Gasteiger partial charge in [-0.15, -0.1) is 5.92 Å². The molecule has 0 spiro atoms. The molecular weight excluding hydrogens is 296 g/mol. The number of hydrogen-bond donors (Lipinski definition) is 2. The first kappa shape index (κ1) is 17.8. The Kier molecular flexibility index (Phi) is 7.12. The second-order valence-corrected chi connectivity index (χ2v) is 5.49. The Hall–Kier alpha value is -2.52. The summed E-state index contributed by atoms with van der Waals surface area (Å²) in [6, 6.07) is 16.7. The lowest BCUT2D eigenvalue weighted by molar-refractivity contribution is 0.215. The number of rotatable bonds is 4. The van der Waals surface area contributed by atoms with Gasteiger partial charge in [-0.2, -0.15) is 0 Å². The van der Waals surface area contributed by atoms with E-state index in [1.807, 2.05) is 42.5 Å². The van der Waals surface area contributed by atoms with Crippen LogP contribution in [0, 0.1) is 23.7 Å². The van der Waals surface area contributed by atoms with Crippen LogP contribution in [0.25, 0.3) is 0 Å². The van der Waals surface area contributed by atoms with E-state index in [4.69, 9.17) is 0 Å². The average Bonchev–Trinajstić information content (AvgIpc) is 2.64. The molecule has 2 N–H and O–H groups in total. The van der Waals surface area contributed by atoms with Gasteiger partial charge in [-0.1, -0.05) is 73.6 Å². The van der Waals surface area contributed by atoms with Crippen LogP contribution in [0.5, 0.6) is 0 Å². The third-order valence-corrected chi connectivity index (χ3v) is 3.61. The van der Waals surface area contributed by atoms with Crippen LogP contribution >= 0.6 is 0 Å². The SMILES string of the molecule is CCCCC#CC(O)c1ccccc1C(O)C#Cc1ccccc1. The molecule has 0 radical (unpaired) electrons. The van der Waals surface area contributed by atoms with E-state index in [0.717, 1.165) is 24.8 Å². The van der Waals surface area contributed by atoms with Crippen LogP contribution in [-0.2, 0) is 0 Å². The Bertz CT molecular complexity index is 757. The highest BCUT2D eigenvalue weighted by Gasteiger charge is 2.14. The summed E-state index contributed by atoms with van der Waals surface area (Å²) < 4.78 is 0. The normalized spacial score (nSPS) is 12.3. The Morgan fingerprint density at radius 3 is 2.04 bits per heavy atom. The fraction of sp³-hybridized carbons (Fsp3) is 0.273. The topological polar surface area (TPSA) is 40.5 Å². The third kappa shape index (κ3) is 5.28. The zero-order chi connectivity index (χ0) is 17.2. The minimum atomic E-state index is -0.964. The minimum absolute atomic E-state index is 0.596. The van der Waals surface area contributed by atoms with Crippen molar-refractivity contribution in [2.24, 2.45) is 0 Å². The molecule has 2 aromatic carbocycles. The van der Waals surface area contributed by atoms with Crippen molar-refractivity contribution in [3.63, 3.8) is 0 Å². The van der Waals surface area contributed by atoms with E-state index < -0.39 is 12.2 Å². The van der Waals surface area contributed by atoms with E-state index in [1.54, 1.807) is 12.1 Å². The quantitative estimate of drug-likeness (QED) is 0.661. The highest BCUT2D eigenvalue weighted by atomic mass is 16.3. The average molecular weight is 318 g/mol. The zero-order valence-electron chi connectivity index (χ0n) is 13.9. The molecule has 0 fully saturated rings. The van der Waals surface area contributed by atoms with Gasteiger partial charge in [0, 0.05) is 12.0 Å². The van der Waals surface area contributed by atoms with Crippen LogP contribution in [0.2, 0.25) is 0 Å². The lowest BCUT2D eigenvalue weighted by atomic mass is 9.98. The van der Waals surface area contributed by atoms with Crippen LogP contribution in [0.1, 0.15) is 55.1 Å². The second kappa shape index (κ2) is 9.58. The molecule has 2 nitrogen and oxygen atoms in total. The summed E-state index contributed by atoms with van der Waals surface area (Å²) in [5.74, 6) is 11.6. The van der Waals surface area contributed by atoms with Crippen molar-refractivity contribution in [2.75, 3.05) is 0 Å². The number of aliphatic hydroxyl groups is 2. The molecule has 2 rings (SSSR count). The standard InChI is InChI=1S/C22H22O2/c1-2-3-4-8-15-21(23)19-13-9-10-14-20(19)22(24)17-16-18-11-6-5-7-12-18/h5-7,9-14,21-24H,2-4H2,1H3. The Morgan fingerprint density at radius 2 is 1.42 bits per heavy atom. The van der Waals surface area contributed by atoms with E-state index in [2.05, 4.69) is 30.6 Å². The summed E-state index contributed by atoms with van der Waals surface area (Å²) in [7, 11) is 0. The Balaban J connectivity index is 2.18. The summed E-state index contributed by atoms with van der Waals surface area (Å²) in [5, 5.41) is 20.7. The molecule has 0 saturated carbocycles. The molecule has 0 aromatic heterocycles. The van der Waals surface area contributed by atoms with E-state index in [1.165, 1.54) is 0 Å². The molecule has 0 aliphatic heterocycles. The fourth-order valence-corrected chi connectivity index (χ4v) is 2.27. The van der Waals surface area contributed by atoms with Gasteiger partial charge in [-0.25, -0.2) is 0 Å². The molecule has 0 aliphatic carbocycles. The molecule has 0 aliphatic rings. The highest BCUT2D eigenvalue weighted by Crippen LogP contribution is 2.23. The predicted molar refractivity (Wildman–Crippen MR) is 97.0 cm³/mol. The van der Waals surface area contributed by atoms with Crippen molar-refractivity contribution in [3.8, 4) is 23.7 Å². The molecule has 2 atom stereocenters. The van der Waals surface area contributed by atoms with Crippen LogP contribution < -0.4 is 0 Å². The second-order valence-electron chi connectivity index (χ2n) is 5.49. The van der Waals surface area contributed by atoms with Gasteiger partial charge in [0.25, 0.3) is 0 Å². The van der Waals surface area contributed by atoms with E-state index in [9.17, 15) is 10.2 Å². The van der Waals surface area contributed by atoms with Crippen molar-refractivity contribution in [1.82, 2.24) is 0 Å². The summed E-state index contributed by atoms with van der Waals surface area (Å²) in [6.45, 7) is 2.11. The Labute approximate surface area is 144 Å². The summed E-state index contributed by atoms with van der Waals surface area (Å²) in [6.07, 6.45) is 0.994. The lowest BCUT2D eigenvalue weighted by Gasteiger charge is -2.12. The number of hydrogen-bond acceptors (Lipinski definition) is 2. The van der Waals surface area contributed by atoms with Crippen LogP contribution in [0.3, 0.4) is 0 Å². The van der Waals surface area contributed by atoms with Gasteiger partial charge in [0.1, 0.15) is 12.2 Å². The maximum Gasteiger partial charge on any atom is 0.141 e. The van der Waals surface area contributed by atoms with Gasteiger partial charge >= 0.3 is 0 Å². The smallest absolute Gasteiger partial charge is 0.141 e. The van der Waals surface area contributed by atoms with Gasteiger partial charge in [0.2, 0.25) is 0 Å². The largest absolute Gasteiger partial charge is 0.376 e. The molecule has 24 heavy (non-hydrogen) atoms. The van der Waals surface area contributed by atoms with Crippen molar-refractivity contribution < 1.29 is 10.2 Å². The number of aliphatic hydroxyl groups excluding tert-OH is 2. The van der Waals surface area contributed by atoms with Gasteiger partial charge in [-0.05, 0) is 29.7 Å².